The van der Waals surface area contributed by atoms with Crippen LogP contribution in [0.15, 0.2) is 47.4 Å². The minimum atomic E-state index is -0.273. The summed E-state index contributed by atoms with van der Waals surface area (Å²) < 4.78 is 1.57. The fourth-order valence-electron chi connectivity index (χ4n) is 4.56. The minimum Gasteiger partial charge on any atom is -0.508 e. The van der Waals surface area contributed by atoms with E-state index in [-0.39, 0.29) is 29.2 Å². The van der Waals surface area contributed by atoms with Crippen molar-refractivity contribution in [2.24, 2.45) is 0 Å². The van der Waals surface area contributed by atoms with Crippen LogP contribution in [-0.2, 0) is 11.3 Å². The molecule has 1 saturated heterocycles. The second kappa shape index (κ2) is 10.3. The van der Waals surface area contributed by atoms with Crippen LogP contribution in [-0.4, -0.2) is 37.0 Å². The van der Waals surface area contributed by atoms with Gasteiger partial charge in [0, 0.05) is 48.1 Å². The van der Waals surface area contributed by atoms with Gasteiger partial charge in [-0.2, -0.15) is 0 Å². The molecule has 0 spiro atoms. The molecule has 1 amide bonds. The summed E-state index contributed by atoms with van der Waals surface area (Å²) in [6.45, 7) is 2.82. The minimum absolute atomic E-state index is 0.0217. The molecule has 1 atom stereocenters. The highest BCUT2D eigenvalue weighted by Crippen LogP contribution is 2.36. The number of aromatic nitrogens is 3. The molecule has 3 N–H and O–H groups in total. The molecule has 3 heterocycles. The second-order valence-electron chi connectivity index (χ2n) is 8.58. The number of halogens is 1. The fraction of sp³-hybridized carbons (Fsp3) is 0.360. The van der Waals surface area contributed by atoms with E-state index in [9.17, 15) is 14.7 Å². The van der Waals surface area contributed by atoms with Gasteiger partial charge in [0.15, 0.2) is 0 Å². The summed E-state index contributed by atoms with van der Waals surface area (Å²) in [7, 11) is 0. The zero-order valence-corrected chi connectivity index (χ0v) is 19.8. The molecule has 3 aromatic rings. The number of carbonyl (C=O) groups is 1. The number of nitrogens with zero attached hydrogens (tertiary/aromatic N) is 4. The molecule has 0 saturated carbocycles. The van der Waals surface area contributed by atoms with Gasteiger partial charge in [-0.1, -0.05) is 23.7 Å². The van der Waals surface area contributed by atoms with Crippen molar-refractivity contribution in [1.82, 2.24) is 19.4 Å². The van der Waals surface area contributed by atoms with Crippen LogP contribution >= 0.6 is 11.6 Å². The third-order valence-corrected chi connectivity index (χ3v) is 6.48. The maximum atomic E-state index is 13.3. The van der Waals surface area contributed by atoms with Crippen molar-refractivity contribution in [1.29, 1.82) is 0 Å². The highest BCUT2D eigenvalue weighted by atomic mass is 35.5. The first kappa shape index (κ1) is 23.8. The molecule has 0 unspecified atom stereocenters. The lowest BCUT2D eigenvalue weighted by molar-refractivity contribution is -0.135. The van der Waals surface area contributed by atoms with Crippen molar-refractivity contribution < 1.29 is 9.90 Å². The number of piperidine rings is 1. The average molecular weight is 482 g/mol. The Kier molecular flexibility index (Phi) is 7.17. The number of benzene rings is 1. The highest BCUT2D eigenvalue weighted by molar-refractivity contribution is 6.30. The third kappa shape index (κ3) is 5.22. The number of nitrogen functional groups attached to an aromatic ring is 1. The Morgan fingerprint density at radius 1 is 1.24 bits per heavy atom. The summed E-state index contributed by atoms with van der Waals surface area (Å²) in [5, 5.41) is 10.2. The van der Waals surface area contributed by atoms with Crippen LogP contribution in [0.5, 0.6) is 5.75 Å². The van der Waals surface area contributed by atoms with E-state index in [1.807, 2.05) is 29.2 Å². The van der Waals surface area contributed by atoms with Gasteiger partial charge in [0.2, 0.25) is 11.9 Å². The number of aryl methyl sites for hydroxylation is 1. The quantitative estimate of drug-likeness (QED) is 0.548. The number of rotatable bonds is 6. The first-order valence-electron chi connectivity index (χ1n) is 11.4. The van der Waals surface area contributed by atoms with E-state index in [4.69, 9.17) is 17.3 Å². The first-order valence-corrected chi connectivity index (χ1v) is 11.8. The number of carbonyl (C=O) groups excluding carboxylic acids is 1. The molecule has 1 aliphatic heterocycles. The Labute approximate surface area is 203 Å². The SMILES string of the molecule is Cc1cc(O)cc(=O)n1CCCC(=O)N1CCCC[C@@H]1c1nc(N)ncc1-c1ccc(Cl)cc1. The van der Waals surface area contributed by atoms with Crippen molar-refractivity contribution in [3.8, 4) is 16.9 Å². The normalized spacial score (nSPS) is 15.9. The Hall–Kier alpha value is -3.39. The van der Waals surface area contributed by atoms with Gasteiger partial charge in [-0.25, -0.2) is 9.97 Å². The molecule has 178 valence electrons. The van der Waals surface area contributed by atoms with E-state index in [0.717, 1.165) is 36.1 Å². The summed E-state index contributed by atoms with van der Waals surface area (Å²) in [6.07, 6.45) is 5.23. The molecule has 0 radical (unpaired) electrons. The lowest BCUT2D eigenvalue weighted by Gasteiger charge is -2.36. The Balaban J connectivity index is 1.54. The average Bonchev–Trinajstić information content (AvgIpc) is 2.81. The van der Waals surface area contributed by atoms with Crippen LogP contribution in [0.2, 0.25) is 5.02 Å². The smallest absolute Gasteiger partial charge is 0.254 e. The van der Waals surface area contributed by atoms with Gasteiger partial charge in [0.1, 0.15) is 5.75 Å². The molecule has 0 aliphatic carbocycles. The van der Waals surface area contributed by atoms with Crippen LogP contribution in [0.25, 0.3) is 11.1 Å². The van der Waals surface area contributed by atoms with E-state index in [1.165, 1.54) is 6.07 Å². The zero-order valence-electron chi connectivity index (χ0n) is 19.1. The van der Waals surface area contributed by atoms with Crippen LogP contribution in [0, 0.1) is 6.92 Å². The maximum Gasteiger partial charge on any atom is 0.254 e. The number of nitrogens with two attached hydrogens (primary N) is 1. The molecule has 8 nitrogen and oxygen atoms in total. The largest absolute Gasteiger partial charge is 0.508 e. The molecular formula is C25H28ClN5O3. The van der Waals surface area contributed by atoms with Gasteiger partial charge in [-0.15, -0.1) is 0 Å². The van der Waals surface area contributed by atoms with E-state index >= 15 is 0 Å². The molecule has 0 bridgehead atoms. The van der Waals surface area contributed by atoms with Gasteiger partial charge in [0.05, 0.1) is 11.7 Å². The van der Waals surface area contributed by atoms with Crippen molar-refractivity contribution >= 4 is 23.5 Å². The predicted octanol–water partition coefficient (Wildman–Crippen LogP) is 4.09. The fourth-order valence-corrected chi connectivity index (χ4v) is 4.69. The number of pyridine rings is 1. The van der Waals surface area contributed by atoms with Gasteiger partial charge in [-0.3, -0.25) is 9.59 Å². The Morgan fingerprint density at radius 3 is 2.74 bits per heavy atom. The summed E-state index contributed by atoms with van der Waals surface area (Å²) in [6, 6.07) is 9.98. The molecule has 2 aromatic heterocycles. The summed E-state index contributed by atoms with van der Waals surface area (Å²) in [5.74, 6) is 0.146. The van der Waals surface area contributed by atoms with E-state index in [1.54, 1.807) is 23.8 Å². The summed E-state index contributed by atoms with van der Waals surface area (Å²) in [4.78, 5) is 36.1. The van der Waals surface area contributed by atoms with E-state index in [2.05, 4.69) is 9.97 Å². The maximum absolute atomic E-state index is 13.3. The van der Waals surface area contributed by atoms with Gasteiger partial charge < -0.3 is 20.3 Å². The van der Waals surface area contributed by atoms with Crippen LogP contribution < -0.4 is 11.3 Å². The monoisotopic (exact) mass is 481 g/mol. The zero-order chi connectivity index (χ0) is 24.2. The van der Waals surface area contributed by atoms with Crippen LogP contribution in [0.4, 0.5) is 5.95 Å². The lowest BCUT2D eigenvalue weighted by Crippen LogP contribution is -2.39. The van der Waals surface area contributed by atoms with Crippen molar-refractivity contribution in [2.45, 2.75) is 51.6 Å². The highest BCUT2D eigenvalue weighted by Gasteiger charge is 2.31. The number of hydrogen-bond donors (Lipinski definition) is 2. The number of aromatic hydroxyl groups is 1. The topological polar surface area (TPSA) is 114 Å². The molecule has 1 fully saturated rings. The van der Waals surface area contributed by atoms with Crippen molar-refractivity contribution in [3.05, 3.63) is 69.4 Å². The lowest BCUT2D eigenvalue weighted by atomic mass is 9.93. The molecule has 1 aliphatic rings. The Morgan fingerprint density at radius 2 is 2.00 bits per heavy atom. The van der Waals surface area contributed by atoms with Gasteiger partial charge in [0.25, 0.3) is 5.56 Å². The van der Waals surface area contributed by atoms with Gasteiger partial charge in [-0.05, 0) is 56.4 Å². The van der Waals surface area contributed by atoms with Crippen molar-refractivity contribution in [3.63, 3.8) is 0 Å². The molecule has 34 heavy (non-hydrogen) atoms. The van der Waals surface area contributed by atoms with Crippen molar-refractivity contribution in [2.75, 3.05) is 12.3 Å². The van der Waals surface area contributed by atoms with Crippen LogP contribution in [0.3, 0.4) is 0 Å². The first-order chi connectivity index (χ1) is 16.3. The molecule has 9 heteroatoms. The van der Waals surface area contributed by atoms with Gasteiger partial charge >= 0.3 is 0 Å². The number of anilines is 1. The third-order valence-electron chi connectivity index (χ3n) is 6.22. The second-order valence-corrected chi connectivity index (χ2v) is 9.02. The number of likely N-dealkylation sites (tertiary alicyclic amines) is 1. The number of amides is 1. The summed E-state index contributed by atoms with van der Waals surface area (Å²) in [5.41, 5.74) is 8.83. The van der Waals surface area contributed by atoms with E-state index in [0.29, 0.717) is 36.6 Å². The molecule has 1 aromatic carbocycles. The standard InChI is InChI=1S/C25H28ClN5O3/c1-16-13-19(32)14-23(34)30(16)12-4-6-22(33)31-11-3-2-5-21(31)24-20(15-28-25(27)29-24)17-7-9-18(26)10-8-17/h7-10,13-15,21,32H,2-6,11-12H2,1H3,(H2,27,28,29)/t21-/m1/s1. The van der Waals surface area contributed by atoms with E-state index < -0.39 is 0 Å². The Bertz CT molecular complexity index is 1240. The predicted molar refractivity (Wildman–Crippen MR) is 132 cm³/mol. The molecular weight excluding hydrogens is 454 g/mol. The number of hydrogen-bond acceptors (Lipinski definition) is 6. The molecule has 4 rings (SSSR count). The van der Waals surface area contributed by atoms with Crippen LogP contribution in [0.1, 0.15) is 49.5 Å². The summed E-state index contributed by atoms with van der Waals surface area (Å²) >= 11 is 6.06.